The Morgan fingerprint density at radius 3 is 2.69 bits per heavy atom. The van der Waals surface area contributed by atoms with Gasteiger partial charge in [0.1, 0.15) is 0 Å². The van der Waals surface area contributed by atoms with Gasteiger partial charge in [-0.05, 0) is 25.5 Å². The molecule has 9 nitrogen and oxygen atoms in total. The third-order valence-corrected chi connectivity index (χ3v) is 4.35. The number of carbonyl (C=O) groups excluding carboxylic acids is 1. The van der Waals surface area contributed by atoms with E-state index in [1.165, 1.54) is 18.2 Å². The number of ether oxygens (including phenoxy) is 2. The summed E-state index contributed by atoms with van der Waals surface area (Å²) in [6.45, 7) is 3.21. The first-order valence-corrected chi connectivity index (χ1v) is 9.03. The lowest BCUT2D eigenvalue weighted by Crippen LogP contribution is -2.24. The van der Waals surface area contributed by atoms with Crippen molar-refractivity contribution < 1.29 is 24.3 Å². The highest BCUT2D eigenvalue weighted by Crippen LogP contribution is 2.39. The standard InChI is InChI=1S/C18H17Cl2N3O6/c1-3-28-15-7-12(19)17(20)11(18(15)25)8-21-22-16(24)9-29-14-5-4-10(2)6-13(14)23(26)27/h4-8,25H,3,9H2,1-2H3,(H,22,24). The number of halogens is 2. The summed E-state index contributed by atoms with van der Waals surface area (Å²) in [5, 5.41) is 25.1. The molecular formula is C18H17Cl2N3O6. The third kappa shape index (κ3) is 5.72. The predicted molar refractivity (Wildman–Crippen MR) is 108 cm³/mol. The minimum atomic E-state index is -0.682. The number of amides is 1. The minimum absolute atomic E-state index is 0.0251. The van der Waals surface area contributed by atoms with Crippen LogP contribution in [0.4, 0.5) is 5.69 Å². The third-order valence-electron chi connectivity index (χ3n) is 3.55. The van der Waals surface area contributed by atoms with Crippen molar-refractivity contribution in [1.82, 2.24) is 5.43 Å². The van der Waals surface area contributed by atoms with Crippen LogP contribution in [-0.2, 0) is 4.79 Å². The average Bonchev–Trinajstić information content (AvgIpc) is 2.67. The van der Waals surface area contributed by atoms with Crippen molar-refractivity contribution in [2.24, 2.45) is 5.10 Å². The van der Waals surface area contributed by atoms with E-state index in [0.29, 0.717) is 12.2 Å². The summed E-state index contributed by atoms with van der Waals surface area (Å²) in [5.74, 6) is -0.897. The summed E-state index contributed by atoms with van der Waals surface area (Å²) < 4.78 is 10.4. The van der Waals surface area contributed by atoms with Gasteiger partial charge in [0.05, 0.1) is 33.4 Å². The van der Waals surface area contributed by atoms with Gasteiger partial charge in [0.25, 0.3) is 5.91 Å². The molecule has 11 heteroatoms. The van der Waals surface area contributed by atoms with Crippen LogP contribution in [-0.4, -0.2) is 35.4 Å². The van der Waals surface area contributed by atoms with Crippen LogP contribution in [0.3, 0.4) is 0 Å². The Morgan fingerprint density at radius 1 is 1.31 bits per heavy atom. The summed E-state index contributed by atoms with van der Waals surface area (Å²) >= 11 is 12.0. The number of hydrogen-bond acceptors (Lipinski definition) is 7. The molecule has 2 aromatic rings. The summed E-state index contributed by atoms with van der Waals surface area (Å²) in [7, 11) is 0. The molecule has 0 fully saturated rings. The number of aromatic hydroxyl groups is 1. The molecule has 0 aliphatic rings. The van der Waals surface area contributed by atoms with Crippen molar-refractivity contribution in [3.8, 4) is 17.2 Å². The Bertz CT molecular complexity index is 965. The monoisotopic (exact) mass is 441 g/mol. The second-order valence-electron chi connectivity index (χ2n) is 5.68. The second-order valence-corrected chi connectivity index (χ2v) is 6.46. The van der Waals surface area contributed by atoms with Crippen LogP contribution >= 0.6 is 23.2 Å². The van der Waals surface area contributed by atoms with Crippen LogP contribution in [0.2, 0.25) is 10.0 Å². The largest absolute Gasteiger partial charge is 0.504 e. The van der Waals surface area contributed by atoms with Crippen molar-refractivity contribution in [1.29, 1.82) is 0 Å². The number of carbonyl (C=O) groups is 1. The van der Waals surface area contributed by atoms with Gasteiger partial charge >= 0.3 is 5.69 Å². The first-order chi connectivity index (χ1) is 13.7. The van der Waals surface area contributed by atoms with Crippen molar-refractivity contribution >= 4 is 41.0 Å². The Morgan fingerprint density at radius 2 is 2.03 bits per heavy atom. The number of rotatable bonds is 8. The van der Waals surface area contributed by atoms with Gasteiger partial charge in [0.15, 0.2) is 23.9 Å². The Balaban J connectivity index is 2.05. The maximum absolute atomic E-state index is 11.9. The number of nitrogens with one attached hydrogen (secondary N) is 1. The molecule has 0 spiro atoms. The number of phenols is 1. The normalized spacial score (nSPS) is 10.8. The number of nitrogens with zero attached hydrogens (tertiary/aromatic N) is 2. The van der Waals surface area contributed by atoms with Crippen molar-refractivity contribution in [2.45, 2.75) is 13.8 Å². The van der Waals surface area contributed by atoms with E-state index >= 15 is 0 Å². The lowest BCUT2D eigenvalue weighted by Gasteiger charge is -2.11. The molecule has 0 aromatic heterocycles. The summed E-state index contributed by atoms with van der Waals surface area (Å²) in [4.78, 5) is 22.4. The number of benzene rings is 2. The van der Waals surface area contributed by atoms with Crippen LogP contribution in [0.1, 0.15) is 18.1 Å². The van der Waals surface area contributed by atoms with Crippen LogP contribution in [0.25, 0.3) is 0 Å². The molecule has 2 rings (SSSR count). The highest BCUT2D eigenvalue weighted by molar-refractivity contribution is 6.43. The quantitative estimate of drug-likeness (QED) is 0.364. The molecular weight excluding hydrogens is 425 g/mol. The fourth-order valence-electron chi connectivity index (χ4n) is 2.23. The predicted octanol–water partition coefficient (Wildman–Crippen LogP) is 3.84. The number of hydrogen-bond donors (Lipinski definition) is 2. The van der Waals surface area contributed by atoms with Crippen molar-refractivity contribution in [3.05, 3.63) is 55.6 Å². The first kappa shape index (κ1) is 22.3. The van der Waals surface area contributed by atoms with E-state index in [2.05, 4.69) is 10.5 Å². The van der Waals surface area contributed by atoms with E-state index in [1.807, 2.05) is 0 Å². The molecule has 1 amide bonds. The molecule has 0 unspecified atom stereocenters. The zero-order chi connectivity index (χ0) is 21.6. The molecule has 0 aliphatic carbocycles. The second kappa shape index (κ2) is 9.94. The van der Waals surface area contributed by atoms with Gasteiger partial charge in [-0.1, -0.05) is 29.3 Å². The SMILES string of the molecule is CCOc1cc(Cl)c(Cl)c(C=NNC(=O)COc2ccc(C)cc2[N+](=O)[O-])c1O. The lowest BCUT2D eigenvalue weighted by molar-refractivity contribution is -0.385. The molecule has 0 atom stereocenters. The summed E-state index contributed by atoms with van der Waals surface area (Å²) in [6.07, 6.45) is 1.10. The molecule has 154 valence electrons. The van der Waals surface area contributed by atoms with Crippen molar-refractivity contribution in [2.75, 3.05) is 13.2 Å². The van der Waals surface area contributed by atoms with Gasteiger partial charge in [0, 0.05) is 12.1 Å². The summed E-state index contributed by atoms with van der Waals surface area (Å²) in [5.41, 5.74) is 2.66. The maximum Gasteiger partial charge on any atom is 0.311 e. The number of hydrazone groups is 1. The fraction of sp³-hybridized carbons (Fsp3) is 0.222. The lowest BCUT2D eigenvalue weighted by atomic mass is 10.2. The van der Waals surface area contributed by atoms with E-state index in [4.69, 9.17) is 32.7 Å². The molecule has 29 heavy (non-hydrogen) atoms. The van der Waals surface area contributed by atoms with Gasteiger partial charge < -0.3 is 14.6 Å². The topological polar surface area (TPSA) is 123 Å². The van der Waals surface area contributed by atoms with E-state index in [-0.39, 0.29) is 38.5 Å². The van der Waals surface area contributed by atoms with Gasteiger partial charge in [-0.15, -0.1) is 0 Å². The van der Waals surface area contributed by atoms with E-state index in [9.17, 15) is 20.0 Å². The highest BCUT2D eigenvalue weighted by Gasteiger charge is 2.17. The minimum Gasteiger partial charge on any atom is -0.504 e. The smallest absolute Gasteiger partial charge is 0.311 e. The van der Waals surface area contributed by atoms with Gasteiger partial charge in [-0.2, -0.15) is 5.10 Å². The highest BCUT2D eigenvalue weighted by atomic mass is 35.5. The zero-order valence-corrected chi connectivity index (χ0v) is 17.0. The molecule has 2 N–H and O–H groups in total. The van der Waals surface area contributed by atoms with E-state index < -0.39 is 17.4 Å². The molecule has 0 saturated heterocycles. The van der Waals surface area contributed by atoms with Gasteiger partial charge in [-0.3, -0.25) is 14.9 Å². The number of aryl methyl sites for hydroxylation is 1. The number of nitro groups is 1. The average molecular weight is 442 g/mol. The molecule has 0 radical (unpaired) electrons. The summed E-state index contributed by atoms with van der Waals surface area (Å²) in [6, 6.07) is 5.73. The van der Waals surface area contributed by atoms with Gasteiger partial charge in [-0.25, -0.2) is 5.43 Å². The zero-order valence-electron chi connectivity index (χ0n) is 15.4. The van der Waals surface area contributed by atoms with Crippen LogP contribution in [0, 0.1) is 17.0 Å². The van der Waals surface area contributed by atoms with Crippen LogP contribution < -0.4 is 14.9 Å². The number of nitro benzene ring substituents is 1. The van der Waals surface area contributed by atoms with Crippen molar-refractivity contribution in [3.63, 3.8) is 0 Å². The number of phenolic OH excluding ortho intramolecular Hbond substituents is 1. The Hall–Kier alpha value is -3.04. The van der Waals surface area contributed by atoms with E-state index in [1.54, 1.807) is 19.9 Å². The van der Waals surface area contributed by atoms with Gasteiger partial charge in [0.2, 0.25) is 0 Å². The molecule has 0 bridgehead atoms. The first-order valence-electron chi connectivity index (χ1n) is 8.28. The van der Waals surface area contributed by atoms with Crippen LogP contribution in [0.5, 0.6) is 17.2 Å². The van der Waals surface area contributed by atoms with E-state index in [0.717, 1.165) is 6.21 Å². The van der Waals surface area contributed by atoms with Crippen LogP contribution in [0.15, 0.2) is 29.4 Å². The molecule has 0 saturated carbocycles. The maximum atomic E-state index is 11.9. The molecule has 0 aliphatic heterocycles. The Labute approximate surface area is 176 Å². The molecule has 0 heterocycles. The fourth-order valence-corrected chi connectivity index (χ4v) is 2.63. The Kier molecular flexibility index (Phi) is 7.63. The molecule has 2 aromatic carbocycles.